The highest BCUT2D eigenvalue weighted by atomic mass is 32.5. The predicted molar refractivity (Wildman–Crippen MR) is 91.9 cm³/mol. The van der Waals surface area contributed by atoms with Crippen molar-refractivity contribution in [2.45, 2.75) is 39.2 Å². The first-order valence-corrected chi connectivity index (χ1v) is 9.94. The monoisotopic (exact) mass is 328 g/mol. The molecule has 3 nitrogen and oxygen atoms in total. The summed E-state index contributed by atoms with van der Waals surface area (Å²) in [6, 6.07) is 10.1. The Hall–Kier alpha value is -0.510. The zero-order chi connectivity index (χ0) is 15.6. The molecule has 0 radical (unpaired) electrons. The second kappa shape index (κ2) is 10.3. The van der Waals surface area contributed by atoms with E-state index >= 15 is 0 Å². The molecular weight excluding hydrogens is 303 g/mol. The second-order valence-electron chi connectivity index (χ2n) is 4.51. The number of unbranched alkanes of at least 4 members (excludes halogenated alkanes) is 1. The zero-order valence-electron chi connectivity index (χ0n) is 12.9. The number of hydrogen-bond acceptors (Lipinski definition) is 4. The fourth-order valence-corrected chi connectivity index (χ4v) is 4.28. The van der Waals surface area contributed by atoms with Crippen LogP contribution in [-0.4, -0.2) is 13.2 Å². The van der Waals surface area contributed by atoms with E-state index in [-0.39, 0.29) is 6.10 Å². The van der Waals surface area contributed by atoms with Crippen molar-refractivity contribution in [3.8, 4) is 0 Å². The summed E-state index contributed by atoms with van der Waals surface area (Å²) in [5.74, 6) is 0. The minimum absolute atomic E-state index is 0.102. The highest BCUT2D eigenvalue weighted by Gasteiger charge is 2.25. The van der Waals surface area contributed by atoms with Gasteiger partial charge < -0.3 is 13.6 Å². The summed E-state index contributed by atoms with van der Waals surface area (Å²) in [6.07, 6.45) is 4.64. The molecule has 0 aliphatic carbocycles. The van der Waals surface area contributed by atoms with E-state index in [9.17, 15) is 0 Å². The number of hydrogen-bond donors (Lipinski definition) is 0. The summed E-state index contributed by atoms with van der Waals surface area (Å²) in [4.78, 5) is 0. The lowest BCUT2D eigenvalue weighted by atomic mass is 10.0. The molecule has 0 saturated heterocycles. The minimum atomic E-state index is -2.68. The van der Waals surface area contributed by atoms with Gasteiger partial charge in [0.05, 0.1) is 19.3 Å². The summed E-state index contributed by atoms with van der Waals surface area (Å²) in [6.45, 7) is 5.86. The van der Waals surface area contributed by atoms with Crippen LogP contribution in [0.3, 0.4) is 0 Å². The van der Waals surface area contributed by atoms with Gasteiger partial charge in [0.1, 0.15) is 0 Å². The van der Waals surface area contributed by atoms with E-state index < -0.39 is 6.72 Å². The van der Waals surface area contributed by atoms with E-state index in [1.54, 1.807) is 0 Å². The average Bonchev–Trinajstić information content (AvgIpc) is 2.48. The van der Waals surface area contributed by atoms with E-state index in [0.717, 1.165) is 24.8 Å². The molecule has 0 aliphatic rings. The van der Waals surface area contributed by atoms with E-state index in [1.165, 1.54) is 0 Å². The van der Waals surface area contributed by atoms with E-state index in [4.69, 9.17) is 25.4 Å². The van der Waals surface area contributed by atoms with E-state index in [0.29, 0.717) is 13.2 Å². The number of allylic oxidation sites excluding steroid dienone is 1. The first-order valence-electron chi connectivity index (χ1n) is 7.38. The summed E-state index contributed by atoms with van der Waals surface area (Å²) in [5, 5.41) is 0. The third-order valence-electron chi connectivity index (χ3n) is 2.88. The molecule has 1 unspecified atom stereocenters. The topological polar surface area (TPSA) is 27.7 Å². The van der Waals surface area contributed by atoms with Crippen LogP contribution in [0.2, 0.25) is 0 Å². The standard InChI is InChI=1S/C16H25O3PS/c1-4-7-9-14-16(15-12-10-8-11-13-15)19-20(21,17-5-2)18-6-3/h4,8,10-13,16H,1,5-7,9,14H2,2-3H3. The molecule has 0 saturated carbocycles. The summed E-state index contributed by atoms with van der Waals surface area (Å²) in [5.41, 5.74) is 1.11. The Morgan fingerprint density at radius 2 is 1.81 bits per heavy atom. The van der Waals surface area contributed by atoms with Gasteiger partial charge in [-0.2, -0.15) is 0 Å². The molecule has 0 amide bonds. The molecule has 1 atom stereocenters. The van der Waals surface area contributed by atoms with E-state index in [1.807, 2.05) is 38.1 Å². The molecule has 0 fully saturated rings. The molecule has 0 aromatic heterocycles. The molecule has 21 heavy (non-hydrogen) atoms. The van der Waals surface area contributed by atoms with Crippen LogP contribution < -0.4 is 0 Å². The van der Waals surface area contributed by atoms with Crippen molar-refractivity contribution in [3.05, 3.63) is 48.6 Å². The van der Waals surface area contributed by atoms with Crippen molar-refractivity contribution >= 4 is 18.5 Å². The largest absolute Gasteiger partial charge is 0.327 e. The van der Waals surface area contributed by atoms with Crippen LogP contribution in [0, 0.1) is 0 Å². The van der Waals surface area contributed by atoms with Gasteiger partial charge in [-0.05, 0) is 50.5 Å². The maximum atomic E-state index is 6.10. The van der Waals surface area contributed by atoms with Gasteiger partial charge in [0.15, 0.2) is 0 Å². The average molecular weight is 328 g/mol. The van der Waals surface area contributed by atoms with Crippen LogP contribution in [-0.2, 0) is 25.4 Å². The SMILES string of the molecule is C=CCCCC(OP(=S)(OCC)OCC)c1ccccc1. The molecule has 1 aromatic carbocycles. The van der Waals surface area contributed by atoms with Gasteiger partial charge in [-0.1, -0.05) is 36.4 Å². The molecule has 1 rings (SSSR count). The lowest BCUT2D eigenvalue weighted by molar-refractivity contribution is 0.115. The van der Waals surface area contributed by atoms with Gasteiger partial charge >= 0.3 is 6.72 Å². The predicted octanol–water partition coefficient (Wildman–Crippen LogP) is 5.40. The van der Waals surface area contributed by atoms with Crippen LogP contribution in [0.4, 0.5) is 0 Å². The molecule has 5 heteroatoms. The summed E-state index contributed by atoms with van der Waals surface area (Å²) in [7, 11) is 0. The molecule has 1 aromatic rings. The lowest BCUT2D eigenvalue weighted by Crippen LogP contribution is -2.07. The maximum absolute atomic E-state index is 6.10. The van der Waals surface area contributed by atoms with E-state index in [2.05, 4.69) is 18.7 Å². The molecule has 0 aliphatic heterocycles. The molecule has 0 bridgehead atoms. The quantitative estimate of drug-likeness (QED) is 0.309. The van der Waals surface area contributed by atoms with Crippen molar-refractivity contribution in [1.82, 2.24) is 0 Å². The van der Waals surface area contributed by atoms with Crippen molar-refractivity contribution in [3.63, 3.8) is 0 Å². The van der Waals surface area contributed by atoms with Gasteiger partial charge in [0, 0.05) is 0 Å². The Morgan fingerprint density at radius 3 is 2.33 bits per heavy atom. The fourth-order valence-electron chi connectivity index (χ4n) is 1.97. The minimum Gasteiger partial charge on any atom is -0.309 e. The highest BCUT2D eigenvalue weighted by molar-refractivity contribution is 8.07. The lowest BCUT2D eigenvalue weighted by Gasteiger charge is -2.26. The molecule has 118 valence electrons. The van der Waals surface area contributed by atoms with Gasteiger partial charge in [0.2, 0.25) is 0 Å². The second-order valence-corrected chi connectivity index (χ2v) is 7.47. The Morgan fingerprint density at radius 1 is 1.19 bits per heavy atom. The number of rotatable bonds is 11. The summed E-state index contributed by atoms with van der Waals surface area (Å²) < 4.78 is 17.3. The highest BCUT2D eigenvalue weighted by Crippen LogP contribution is 2.54. The zero-order valence-corrected chi connectivity index (χ0v) is 14.6. The first-order chi connectivity index (χ1) is 10.1. The van der Waals surface area contributed by atoms with Crippen LogP contribution in [0.5, 0.6) is 0 Å². The molecule has 0 heterocycles. The Kier molecular flexibility index (Phi) is 9.05. The fraction of sp³-hybridized carbons (Fsp3) is 0.500. The van der Waals surface area contributed by atoms with Gasteiger partial charge in [0.25, 0.3) is 0 Å². The van der Waals surface area contributed by atoms with Gasteiger partial charge in [-0.25, -0.2) is 0 Å². The van der Waals surface area contributed by atoms with Crippen molar-refractivity contribution in [1.29, 1.82) is 0 Å². The molecule has 0 spiro atoms. The molecular formula is C16H25O3PS. The summed E-state index contributed by atoms with van der Waals surface area (Å²) >= 11 is 5.48. The van der Waals surface area contributed by atoms with Gasteiger partial charge in [-0.3, -0.25) is 0 Å². The normalized spacial score (nSPS) is 13.0. The van der Waals surface area contributed by atoms with Crippen LogP contribution in [0.1, 0.15) is 44.8 Å². The Balaban J connectivity index is 2.84. The Bertz CT molecular complexity index is 440. The van der Waals surface area contributed by atoms with Crippen molar-refractivity contribution in [2.24, 2.45) is 0 Å². The third-order valence-corrected chi connectivity index (χ3v) is 5.43. The van der Waals surface area contributed by atoms with Crippen LogP contribution >= 0.6 is 6.72 Å². The smallest absolute Gasteiger partial charge is 0.309 e. The van der Waals surface area contributed by atoms with Gasteiger partial charge in [-0.15, -0.1) is 6.58 Å². The molecule has 0 N–H and O–H groups in total. The van der Waals surface area contributed by atoms with Crippen LogP contribution in [0.25, 0.3) is 0 Å². The van der Waals surface area contributed by atoms with Crippen molar-refractivity contribution < 1.29 is 13.6 Å². The number of benzene rings is 1. The van der Waals surface area contributed by atoms with Crippen LogP contribution in [0.15, 0.2) is 43.0 Å². The maximum Gasteiger partial charge on any atom is 0.327 e. The third kappa shape index (κ3) is 6.86. The van der Waals surface area contributed by atoms with Crippen molar-refractivity contribution in [2.75, 3.05) is 13.2 Å². The Labute approximate surface area is 133 Å². The first kappa shape index (κ1) is 18.5.